The number of nitrogens with zero attached hydrogens (tertiary/aromatic N) is 4. The molecule has 0 spiro atoms. The van der Waals surface area contributed by atoms with E-state index in [0.717, 1.165) is 16.7 Å². The van der Waals surface area contributed by atoms with Crippen molar-refractivity contribution in [2.24, 2.45) is 0 Å². The van der Waals surface area contributed by atoms with Gasteiger partial charge < -0.3 is 14.6 Å². The van der Waals surface area contributed by atoms with Crippen LogP contribution in [0.2, 0.25) is 0 Å². The Morgan fingerprint density at radius 3 is 2.44 bits per heavy atom. The lowest BCUT2D eigenvalue weighted by Crippen LogP contribution is -2.45. The van der Waals surface area contributed by atoms with Gasteiger partial charge in [-0.2, -0.15) is 18.4 Å². The van der Waals surface area contributed by atoms with Gasteiger partial charge in [-0.15, -0.1) is 0 Å². The highest BCUT2D eigenvalue weighted by atomic mass is 79.9. The first-order valence-electron chi connectivity index (χ1n) is 11.6. The number of pyridine rings is 1. The summed E-state index contributed by atoms with van der Waals surface area (Å²) < 4.78 is 67.8. The quantitative estimate of drug-likeness (QED) is 0.289. The smallest absolute Gasteiger partial charge is 0.437 e. The van der Waals surface area contributed by atoms with Gasteiger partial charge in [0.15, 0.2) is 23.0 Å². The molecule has 3 aromatic rings. The zero-order valence-electron chi connectivity index (χ0n) is 21.8. The highest BCUT2D eigenvalue weighted by Gasteiger charge is 2.39. The summed E-state index contributed by atoms with van der Waals surface area (Å²) >= 11 is 3.01. The summed E-state index contributed by atoms with van der Waals surface area (Å²) in [6.07, 6.45) is -3.02. The van der Waals surface area contributed by atoms with E-state index >= 15 is 0 Å². The average molecular weight is 620 g/mol. The maximum atomic E-state index is 14.5. The number of nitriles is 1. The van der Waals surface area contributed by atoms with Gasteiger partial charge in [0.25, 0.3) is 17.5 Å². The molecule has 0 saturated heterocycles. The highest BCUT2D eigenvalue weighted by molar-refractivity contribution is 9.10. The van der Waals surface area contributed by atoms with Crippen molar-refractivity contribution in [1.29, 1.82) is 5.26 Å². The number of benzene rings is 1. The van der Waals surface area contributed by atoms with E-state index in [-0.39, 0.29) is 24.2 Å². The van der Waals surface area contributed by atoms with E-state index in [9.17, 15) is 22.4 Å². The molecule has 2 heterocycles. The van der Waals surface area contributed by atoms with Gasteiger partial charge in [0.1, 0.15) is 26.3 Å². The number of hydrogen-bond donors (Lipinski definition) is 1. The van der Waals surface area contributed by atoms with Crippen molar-refractivity contribution in [1.82, 2.24) is 9.55 Å². The Morgan fingerprint density at radius 2 is 1.87 bits per heavy atom. The molecule has 0 bridgehead atoms. The summed E-state index contributed by atoms with van der Waals surface area (Å²) in [5.41, 5.74) is -3.12. The maximum absolute atomic E-state index is 14.5. The van der Waals surface area contributed by atoms with Gasteiger partial charge >= 0.3 is 6.18 Å². The number of alkyl halides is 3. The summed E-state index contributed by atoms with van der Waals surface area (Å²) in [4.78, 5) is 21.5. The lowest BCUT2D eigenvalue weighted by molar-refractivity contribution is -0.890. The second kappa shape index (κ2) is 15.6. The van der Waals surface area contributed by atoms with Crippen LogP contribution in [0.25, 0.3) is 0 Å². The van der Waals surface area contributed by atoms with E-state index in [2.05, 4.69) is 20.9 Å². The summed E-state index contributed by atoms with van der Waals surface area (Å²) in [5, 5.41) is 17.9. The molecule has 0 amide bonds. The molecule has 0 aliphatic carbocycles. The molecular formula is C25H28BrF4N4O5+. The van der Waals surface area contributed by atoms with E-state index in [1.165, 1.54) is 30.2 Å². The fourth-order valence-electron chi connectivity index (χ4n) is 2.92. The Morgan fingerprint density at radius 1 is 1.21 bits per heavy atom. The van der Waals surface area contributed by atoms with Crippen LogP contribution in [0.1, 0.15) is 44.6 Å². The van der Waals surface area contributed by atoms with E-state index in [1.807, 2.05) is 27.7 Å². The molecule has 1 aromatic carbocycles. The standard InChI is InChI=1S/C21H16BrF4N4O5.2C2H6/c1-33-30-10-15(34-5-4-31)3-2-14(30)9-29-11-28-19(21(24,25)26)18(20(29)32)35-16-7-13(22)6-12(8-27)17(16)23;2*1-2/h2-3,6-7,10-11,31H,4-5,9H2,1H3;2*1-2H3/q+1;;. The van der Waals surface area contributed by atoms with Crippen LogP contribution in [0.15, 0.2) is 46.1 Å². The largest absolute Gasteiger partial charge is 0.485 e. The molecule has 0 aliphatic rings. The van der Waals surface area contributed by atoms with Gasteiger partial charge in [0.05, 0.1) is 18.5 Å². The van der Waals surface area contributed by atoms with Crippen molar-refractivity contribution in [2.75, 3.05) is 20.3 Å². The molecule has 2 aromatic heterocycles. The van der Waals surface area contributed by atoms with Crippen LogP contribution in [-0.4, -0.2) is 35.0 Å². The number of ether oxygens (including phenoxy) is 2. The maximum Gasteiger partial charge on any atom is 0.437 e. The van der Waals surface area contributed by atoms with E-state index < -0.39 is 40.3 Å². The molecule has 3 rings (SSSR count). The summed E-state index contributed by atoms with van der Waals surface area (Å²) in [7, 11) is 1.31. The van der Waals surface area contributed by atoms with Gasteiger partial charge in [-0.1, -0.05) is 43.6 Å². The van der Waals surface area contributed by atoms with Crippen molar-refractivity contribution < 1.29 is 41.7 Å². The molecule has 0 radical (unpaired) electrons. The van der Waals surface area contributed by atoms with Gasteiger partial charge in [0.2, 0.25) is 5.75 Å². The first-order chi connectivity index (χ1) is 18.6. The molecule has 0 saturated carbocycles. The topological polar surface area (TPSA) is 110 Å². The highest BCUT2D eigenvalue weighted by Crippen LogP contribution is 2.36. The van der Waals surface area contributed by atoms with Crippen molar-refractivity contribution in [3.8, 4) is 23.3 Å². The second-order valence-corrected chi connectivity index (χ2v) is 7.68. The molecule has 0 atom stereocenters. The second-order valence-electron chi connectivity index (χ2n) is 6.77. The SMILES string of the molecule is CC.CC.CO[n+]1cc(OCCO)ccc1Cn1cnc(C(F)(F)F)c(Oc2cc(Br)cc(C#N)c2F)c1=O. The van der Waals surface area contributed by atoms with Crippen LogP contribution < -0.4 is 24.6 Å². The molecule has 0 unspecified atom stereocenters. The number of rotatable bonds is 8. The number of aliphatic hydroxyl groups is 1. The van der Waals surface area contributed by atoms with Crippen molar-refractivity contribution in [3.05, 3.63) is 74.4 Å². The third kappa shape index (κ3) is 8.66. The van der Waals surface area contributed by atoms with Crippen LogP contribution in [0.5, 0.6) is 17.2 Å². The Hall–Kier alpha value is -3.70. The minimum atomic E-state index is -5.09. The van der Waals surface area contributed by atoms with Gasteiger partial charge in [0, 0.05) is 15.3 Å². The van der Waals surface area contributed by atoms with Crippen LogP contribution >= 0.6 is 15.9 Å². The number of hydrogen-bond acceptors (Lipinski definition) is 7. The van der Waals surface area contributed by atoms with E-state index in [0.29, 0.717) is 17.8 Å². The van der Waals surface area contributed by atoms with Gasteiger partial charge in [-0.25, -0.2) is 9.37 Å². The third-order valence-corrected chi connectivity index (χ3v) is 4.92. The summed E-state index contributed by atoms with van der Waals surface area (Å²) in [6, 6.07) is 6.62. The Labute approximate surface area is 230 Å². The summed E-state index contributed by atoms with van der Waals surface area (Å²) in [5.74, 6) is -2.96. The summed E-state index contributed by atoms with van der Waals surface area (Å²) in [6.45, 7) is 7.49. The third-order valence-electron chi connectivity index (χ3n) is 4.46. The first kappa shape index (κ1) is 33.3. The lowest BCUT2D eigenvalue weighted by atomic mass is 10.2. The van der Waals surface area contributed by atoms with Crippen LogP contribution in [0.3, 0.4) is 0 Å². The molecular weight excluding hydrogens is 592 g/mol. The Bertz CT molecular complexity index is 1340. The van der Waals surface area contributed by atoms with Gasteiger partial charge in [-0.05, 0) is 18.2 Å². The van der Waals surface area contributed by atoms with Crippen molar-refractivity contribution >= 4 is 15.9 Å². The minimum absolute atomic E-state index is 0.0196. The number of aromatic nitrogens is 3. The minimum Gasteiger partial charge on any atom is -0.485 e. The van der Waals surface area contributed by atoms with Crippen molar-refractivity contribution in [2.45, 2.75) is 40.4 Å². The van der Waals surface area contributed by atoms with Crippen molar-refractivity contribution in [3.63, 3.8) is 0 Å². The van der Waals surface area contributed by atoms with E-state index in [4.69, 9.17) is 24.7 Å². The molecule has 0 aliphatic heterocycles. The molecule has 1 N–H and O–H groups in total. The zero-order valence-corrected chi connectivity index (χ0v) is 23.4. The molecule has 0 fully saturated rings. The van der Waals surface area contributed by atoms with Crippen LogP contribution in [0.4, 0.5) is 17.6 Å². The fraction of sp³-hybridized carbons (Fsp3) is 0.360. The van der Waals surface area contributed by atoms with Crippen LogP contribution in [0, 0.1) is 17.1 Å². The number of halogens is 5. The molecule has 212 valence electrons. The monoisotopic (exact) mass is 619 g/mol. The van der Waals surface area contributed by atoms with E-state index in [1.54, 1.807) is 6.07 Å². The predicted octanol–water partition coefficient (Wildman–Crippen LogP) is 4.65. The fourth-order valence-corrected chi connectivity index (χ4v) is 3.35. The van der Waals surface area contributed by atoms with Crippen LogP contribution in [-0.2, 0) is 12.7 Å². The lowest BCUT2D eigenvalue weighted by Gasteiger charge is -2.15. The molecule has 9 nitrogen and oxygen atoms in total. The Kier molecular flexibility index (Phi) is 13.4. The molecule has 39 heavy (non-hydrogen) atoms. The normalized spacial score (nSPS) is 10.3. The van der Waals surface area contributed by atoms with Gasteiger partial charge in [-0.3, -0.25) is 14.2 Å². The predicted molar refractivity (Wildman–Crippen MR) is 136 cm³/mol. The first-order valence-corrected chi connectivity index (χ1v) is 12.4. The molecule has 14 heteroatoms. The number of aliphatic hydroxyl groups excluding tert-OH is 1. The zero-order chi connectivity index (χ0) is 29.8. The average Bonchev–Trinajstić information content (AvgIpc) is 2.93. The Balaban J connectivity index is 0.00000181.